The molecule has 1 aromatic rings. The van der Waals surface area contributed by atoms with Gasteiger partial charge in [-0.2, -0.15) is 4.39 Å². The highest BCUT2D eigenvalue weighted by Crippen LogP contribution is 2.28. The molecule has 2 rings (SSSR count). The zero-order valence-corrected chi connectivity index (χ0v) is 11.4. The fourth-order valence-electron chi connectivity index (χ4n) is 2.75. The number of hydrogen-bond donors (Lipinski definition) is 1. The lowest BCUT2D eigenvalue weighted by Crippen LogP contribution is -2.32. The average molecular weight is 284 g/mol. The molecule has 0 saturated heterocycles. The normalized spacial score (nSPS) is 17.4. The summed E-state index contributed by atoms with van der Waals surface area (Å²) in [5, 5.41) is 13.8. The van der Waals surface area contributed by atoms with Gasteiger partial charge in [-0.15, -0.1) is 0 Å². The molecule has 1 N–H and O–H groups in total. The fraction of sp³-hybridized carbons (Fsp3) is 0.571. The van der Waals surface area contributed by atoms with Gasteiger partial charge in [-0.25, -0.2) is 4.39 Å². The van der Waals surface area contributed by atoms with Crippen LogP contribution in [0.3, 0.4) is 0 Å². The van der Waals surface area contributed by atoms with Gasteiger partial charge in [0.25, 0.3) is 0 Å². The van der Waals surface area contributed by atoms with E-state index in [1.165, 1.54) is 12.8 Å². The van der Waals surface area contributed by atoms with Crippen molar-refractivity contribution in [3.05, 3.63) is 39.4 Å². The van der Waals surface area contributed by atoms with E-state index >= 15 is 0 Å². The third-order valence-electron chi connectivity index (χ3n) is 4.03. The summed E-state index contributed by atoms with van der Waals surface area (Å²) < 4.78 is 26.8. The molecule has 20 heavy (non-hydrogen) atoms. The van der Waals surface area contributed by atoms with Gasteiger partial charge in [-0.3, -0.25) is 10.1 Å². The first-order valence-electron chi connectivity index (χ1n) is 6.84. The summed E-state index contributed by atoms with van der Waals surface area (Å²) in [6.07, 6.45) is 4.74. The Morgan fingerprint density at radius 3 is 2.60 bits per heavy atom. The molecule has 1 saturated carbocycles. The lowest BCUT2D eigenvalue weighted by molar-refractivity contribution is -0.387. The molecule has 0 aromatic heterocycles. The molecular formula is C14H18F2N2O2. The molecule has 1 unspecified atom stereocenters. The van der Waals surface area contributed by atoms with Crippen LogP contribution in [0.5, 0.6) is 0 Å². The fourth-order valence-corrected chi connectivity index (χ4v) is 2.75. The SMILES string of the molecule is CC(NCc1cc([N+](=O)[O-])c(F)cc1F)C1CCCC1. The standard InChI is InChI=1S/C14H18F2N2O2/c1-9(10-4-2-3-5-10)17-8-11-6-14(18(19)20)13(16)7-12(11)15/h6-7,9-10,17H,2-5,8H2,1H3. The van der Waals surface area contributed by atoms with Gasteiger partial charge in [0.1, 0.15) is 5.82 Å². The molecule has 0 spiro atoms. The van der Waals surface area contributed by atoms with Gasteiger partial charge in [0, 0.05) is 30.3 Å². The molecule has 0 radical (unpaired) electrons. The molecule has 0 heterocycles. The van der Waals surface area contributed by atoms with Crippen LogP contribution >= 0.6 is 0 Å². The van der Waals surface area contributed by atoms with Gasteiger partial charge < -0.3 is 5.32 Å². The highest BCUT2D eigenvalue weighted by molar-refractivity contribution is 5.37. The molecule has 1 atom stereocenters. The third kappa shape index (κ3) is 3.30. The van der Waals surface area contributed by atoms with Crippen LogP contribution in [0.15, 0.2) is 12.1 Å². The van der Waals surface area contributed by atoms with E-state index in [0.29, 0.717) is 12.0 Å². The van der Waals surface area contributed by atoms with E-state index in [1.807, 2.05) is 6.92 Å². The Kier molecular flexibility index (Phi) is 4.65. The summed E-state index contributed by atoms with van der Waals surface area (Å²) in [5.41, 5.74) is -0.556. The zero-order valence-electron chi connectivity index (χ0n) is 11.4. The lowest BCUT2D eigenvalue weighted by Gasteiger charge is -2.20. The van der Waals surface area contributed by atoms with Crippen LogP contribution < -0.4 is 5.32 Å². The van der Waals surface area contributed by atoms with Crippen LogP contribution in [0.2, 0.25) is 0 Å². The summed E-state index contributed by atoms with van der Waals surface area (Å²) in [6, 6.07) is 1.77. The number of hydrogen-bond acceptors (Lipinski definition) is 3. The number of benzene rings is 1. The average Bonchev–Trinajstić information content (AvgIpc) is 2.90. The van der Waals surface area contributed by atoms with Crippen molar-refractivity contribution < 1.29 is 13.7 Å². The number of halogens is 2. The van der Waals surface area contributed by atoms with Crippen molar-refractivity contribution in [1.82, 2.24) is 5.32 Å². The maximum atomic E-state index is 13.6. The molecule has 1 aliphatic carbocycles. The van der Waals surface area contributed by atoms with Crippen LogP contribution in [0.4, 0.5) is 14.5 Å². The first-order chi connectivity index (χ1) is 9.49. The first-order valence-corrected chi connectivity index (χ1v) is 6.84. The van der Waals surface area contributed by atoms with Gasteiger partial charge >= 0.3 is 5.69 Å². The Morgan fingerprint density at radius 2 is 2.00 bits per heavy atom. The second-order valence-corrected chi connectivity index (χ2v) is 5.37. The van der Waals surface area contributed by atoms with E-state index in [2.05, 4.69) is 5.32 Å². The number of nitrogens with one attached hydrogen (secondary N) is 1. The highest BCUT2D eigenvalue weighted by Gasteiger charge is 2.22. The lowest BCUT2D eigenvalue weighted by atomic mass is 9.99. The van der Waals surface area contributed by atoms with Crippen molar-refractivity contribution in [2.45, 2.75) is 45.2 Å². The van der Waals surface area contributed by atoms with Crippen molar-refractivity contribution in [3.63, 3.8) is 0 Å². The smallest absolute Gasteiger partial charge is 0.305 e. The van der Waals surface area contributed by atoms with Crippen LogP contribution in [0.1, 0.15) is 38.2 Å². The second-order valence-electron chi connectivity index (χ2n) is 5.37. The summed E-state index contributed by atoms with van der Waals surface area (Å²) in [5.74, 6) is -1.33. The molecule has 4 nitrogen and oxygen atoms in total. The third-order valence-corrected chi connectivity index (χ3v) is 4.03. The summed E-state index contributed by atoms with van der Waals surface area (Å²) >= 11 is 0. The minimum absolute atomic E-state index is 0.128. The second kappa shape index (κ2) is 6.26. The summed E-state index contributed by atoms with van der Waals surface area (Å²) in [6.45, 7) is 2.20. The van der Waals surface area contributed by atoms with E-state index in [4.69, 9.17) is 0 Å². The Balaban J connectivity index is 2.05. The largest absolute Gasteiger partial charge is 0.310 e. The maximum Gasteiger partial charge on any atom is 0.305 e. The van der Waals surface area contributed by atoms with Crippen LogP contribution in [0, 0.1) is 27.7 Å². The van der Waals surface area contributed by atoms with E-state index in [0.717, 1.165) is 18.9 Å². The quantitative estimate of drug-likeness (QED) is 0.664. The predicted molar refractivity (Wildman–Crippen MR) is 71.3 cm³/mol. The van der Waals surface area contributed by atoms with Crippen LogP contribution in [-0.2, 0) is 6.54 Å². The first kappa shape index (κ1) is 14.8. The topological polar surface area (TPSA) is 55.2 Å². The van der Waals surface area contributed by atoms with Crippen LogP contribution in [-0.4, -0.2) is 11.0 Å². The van der Waals surface area contributed by atoms with E-state index in [-0.39, 0.29) is 18.2 Å². The number of nitro groups is 1. The Labute approximate surface area is 116 Å². The van der Waals surface area contributed by atoms with Gasteiger partial charge in [-0.1, -0.05) is 12.8 Å². The van der Waals surface area contributed by atoms with E-state index < -0.39 is 22.2 Å². The molecule has 0 aliphatic heterocycles. The monoisotopic (exact) mass is 284 g/mol. The number of nitrogens with zero attached hydrogens (tertiary/aromatic N) is 1. The van der Waals surface area contributed by atoms with E-state index in [1.54, 1.807) is 0 Å². The highest BCUT2D eigenvalue weighted by atomic mass is 19.1. The summed E-state index contributed by atoms with van der Waals surface area (Å²) in [4.78, 5) is 9.82. The Bertz CT molecular complexity index is 502. The molecule has 110 valence electrons. The Morgan fingerprint density at radius 1 is 1.35 bits per heavy atom. The summed E-state index contributed by atoms with van der Waals surface area (Å²) in [7, 11) is 0. The molecule has 6 heteroatoms. The minimum Gasteiger partial charge on any atom is -0.310 e. The molecule has 0 amide bonds. The van der Waals surface area contributed by atoms with Crippen molar-refractivity contribution >= 4 is 5.69 Å². The maximum absolute atomic E-state index is 13.6. The minimum atomic E-state index is -1.14. The number of rotatable bonds is 5. The number of nitro benzene ring substituents is 1. The zero-order chi connectivity index (χ0) is 14.7. The molecule has 0 bridgehead atoms. The van der Waals surface area contributed by atoms with Gasteiger partial charge in [0.05, 0.1) is 4.92 Å². The van der Waals surface area contributed by atoms with Gasteiger partial charge in [0.15, 0.2) is 0 Å². The molecular weight excluding hydrogens is 266 g/mol. The van der Waals surface area contributed by atoms with Crippen LogP contribution in [0.25, 0.3) is 0 Å². The Hall–Kier alpha value is -1.56. The van der Waals surface area contributed by atoms with Gasteiger partial charge in [-0.05, 0) is 25.7 Å². The van der Waals surface area contributed by atoms with Crippen molar-refractivity contribution in [1.29, 1.82) is 0 Å². The predicted octanol–water partition coefficient (Wildman–Crippen LogP) is 3.54. The van der Waals surface area contributed by atoms with Crippen molar-refractivity contribution in [2.24, 2.45) is 5.92 Å². The van der Waals surface area contributed by atoms with Crippen molar-refractivity contribution in [2.75, 3.05) is 0 Å². The molecule has 1 aliphatic rings. The molecule has 1 aromatic carbocycles. The molecule has 1 fully saturated rings. The van der Waals surface area contributed by atoms with E-state index in [9.17, 15) is 18.9 Å². The van der Waals surface area contributed by atoms with Crippen molar-refractivity contribution in [3.8, 4) is 0 Å². The van der Waals surface area contributed by atoms with Gasteiger partial charge in [0.2, 0.25) is 5.82 Å².